The van der Waals surface area contributed by atoms with E-state index < -0.39 is 0 Å². The zero-order valence-electron chi connectivity index (χ0n) is 27.7. The third kappa shape index (κ3) is 18.3. The van der Waals surface area contributed by atoms with Crippen LogP contribution in [-0.4, -0.2) is 49.0 Å². The normalized spacial score (nSPS) is 10.9. The average Bonchev–Trinajstić information content (AvgIpc) is 3.00. The molecule has 8 nitrogen and oxygen atoms in total. The van der Waals surface area contributed by atoms with Crippen LogP contribution in [0, 0.1) is 5.92 Å². The lowest BCUT2D eigenvalue weighted by molar-refractivity contribution is -0.140. The topological polar surface area (TPSA) is 99.8 Å². The minimum absolute atomic E-state index is 0.0264. The van der Waals surface area contributed by atoms with Gasteiger partial charge in [-0.15, -0.1) is 0 Å². The summed E-state index contributed by atoms with van der Waals surface area (Å²) in [6.45, 7) is 7.85. The summed E-state index contributed by atoms with van der Waals surface area (Å²) in [4.78, 5) is 37.6. The maximum absolute atomic E-state index is 12.9. The van der Waals surface area contributed by atoms with Gasteiger partial charge in [-0.2, -0.15) is 0 Å². The van der Waals surface area contributed by atoms with Gasteiger partial charge in [0.2, 0.25) is 11.8 Å². The summed E-state index contributed by atoms with van der Waals surface area (Å²) >= 11 is 6.02. The van der Waals surface area contributed by atoms with E-state index in [-0.39, 0.29) is 36.6 Å². The van der Waals surface area contributed by atoms with Crippen LogP contribution in [0.5, 0.6) is 5.75 Å². The van der Waals surface area contributed by atoms with Gasteiger partial charge in [-0.3, -0.25) is 24.8 Å². The van der Waals surface area contributed by atoms with E-state index in [1.807, 2.05) is 44.2 Å². The molecule has 0 aliphatic carbocycles. The minimum Gasteiger partial charge on any atom is -0.494 e. The van der Waals surface area contributed by atoms with Gasteiger partial charge < -0.3 is 15.4 Å². The molecule has 2 aromatic carbocycles. The van der Waals surface area contributed by atoms with Gasteiger partial charge in [0, 0.05) is 30.2 Å². The van der Waals surface area contributed by atoms with Crippen LogP contribution in [0.3, 0.4) is 0 Å². The van der Waals surface area contributed by atoms with E-state index in [0.717, 1.165) is 24.2 Å². The molecule has 2 aromatic rings. The molecule has 0 fully saturated rings. The maximum Gasteiger partial charge on any atom is 0.260 e. The number of carbonyl (C=O) groups is 3. The molecule has 3 N–H and O–H groups in total. The predicted molar refractivity (Wildman–Crippen MR) is 184 cm³/mol. The maximum atomic E-state index is 12.9. The number of rotatable bonds is 23. The predicted octanol–water partition coefficient (Wildman–Crippen LogP) is 7.71. The third-order valence-corrected chi connectivity index (χ3v) is 7.56. The molecule has 0 atom stereocenters. The van der Waals surface area contributed by atoms with Crippen LogP contribution in [0.1, 0.15) is 103 Å². The highest BCUT2D eigenvalue weighted by atomic mass is 35.5. The first kappa shape index (κ1) is 37.9. The highest BCUT2D eigenvalue weighted by Gasteiger charge is 2.18. The summed E-state index contributed by atoms with van der Waals surface area (Å²) in [5.74, 6) is 0.431. The Kier molecular flexibility index (Phi) is 19.5. The van der Waals surface area contributed by atoms with Crippen LogP contribution < -0.4 is 20.8 Å². The third-order valence-electron chi connectivity index (χ3n) is 7.33. The largest absolute Gasteiger partial charge is 0.494 e. The van der Waals surface area contributed by atoms with Gasteiger partial charge in [0.15, 0.2) is 0 Å². The van der Waals surface area contributed by atoms with E-state index in [4.69, 9.17) is 16.3 Å². The summed E-state index contributed by atoms with van der Waals surface area (Å²) in [7, 11) is 0. The Morgan fingerprint density at radius 2 is 1.51 bits per heavy atom. The van der Waals surface area contributed by atoms with E-state index in [1.54, 1.807) is 18.2 Å². The molecule has 45 heavy (non-hydrogen) atoms. The van der Waals surface area contributed by atoms with Crippen molar-refractivity contribution in [3.8, 4) is 5.75 Å². The number of carbonyl (C=O) groups excluding carboxylic acids is 3. The number of benzene rings is 2. The molecule has 2 rings (SSSR count). The first-order valence-corrected chi connectivity index (χ1v) is 17.2. The molecule has 0 unspecified atom stereocenters. The molecule has 0 aliphatic rings. The molecule has 0 heterocycles. The van der Waals surface area contributed by atoms with Gasteiger partial charge in [0.1, 0.15) is 5.75 Å². The number of nitrogens with one attached hydrogen (secondary N) is 3. The van der Waals surface area contributed by atoms with Gasteiger partial charge in [-0.25, -0.2) is 0 Å². The lowest BCUT2D eigenvalue weighted by Crippen LogP contribution is -2.50. The molecule has 0 aromatic heterocycles. The van der Waals surface area contributed by atoms with Crippen molar-refractivity contribution in [2.45, 2.75) is 104 Å². The van der Waals surface area contributed by atoms with E-state index >= 15 is 0 Å². The number of unbranched alkanes of at least 4 members (excludes halogenated alkanes) is 9. The van der Waals surface area contributed by atoms with Crippen LogP contribution in [0.15, 0.2) is 48.5 Å². The van der Waals surface area contributed by atoms with Crippen LogP contribution in [-0.2, 0) is 20.8 Å². The molecule has 0 spiro atoms. The Morgan fingerprint density at radius 1 is 0.844 bits per heavy atom. The number of hydrogen-bond donors (Lipinski definition) is 3. The summed E-state index contributed by atoms with van der Waals surface area (Å²) in [6.07, 6.45) is 14.1. The fraction of sp³-hybridized carbons (Fsp3) is 0.583. The molecule has 0 saturated heterocycles. The van der Waals surface area contributed by atoms with Gasteiger partial charge in [-0.05, 0) is 60.7 Å². The average molecular weight is 643 g/mol. The second kappa shape index (κ2) is 23.1. The Morgan fingerprint density at radius 3 is 2.16 bits per heavy atom. The Bertz CT molecular complexity index is 1130. The van der Waals surface area contributed by atoms with Gasteiger partial charge in [0.25, 0.3) is 5.91 Å². The fourth-order valence-corrected chi connectivity index (χ4v) is 5.10. The minimum atomic E-state index is -0.278. The van der Waals surface area contributed by atoms with Gasteiger partial charge in [-0.1, -0.05) is 102 Å². The van der Waals surface area contributed by atoms with Crippen LogP contribution in [0.4, 0.5) is 5.69 Å². The number of hydrogen-bond acceptors (Lipinski definition) is 5. The van der Waals surface area contributed by atoms with Crippen molar-refractivity contribution in [2.24, 2.45) is 5.92 Å². The van der Waals surface area contributed by atoms with Crippen molar-refractivity contribution >= 4 is 35.0 Å². The molecule has 250 valence electrons. The molecular formula is C36H55ClN4O4. The van der Waals surface area contributed by atoms with Crippen molar-refractivity contribution in [2.75, 3.05) is 31.6 Å². The van der Waals surface area contributed by atoms with Crippen molar-refractivity contribution in [1.82, 2.24) is 15.8 Å². The smallest absolute Gasteiger partial charge is 0.260 e. The zero-order chi connectivity index (χ0) is 32.7. The Labute approximate surface area is 276 Å². The summed E-state index contributed by atoms with van der Waals surface area (Å²) in [6, 6.07) is 14.4. The molecule has 9 heteroatoms. The summed E-state index contributed by atoms with van der Waals surface area (Å²) < 4.78 is 5.79. The van der Waals surface area contributed by atoms with Crippen LogP contribution >= 0.6 is 11.6 Å². The zero-order valence-corrected chi connectivity index (χ0v) is 28.4. The fourth-order valence-electron chi connectivity index (χ4n) is 4.89. The monoisotopic (exact) mass is 642 g/mol. The molecular weight excluding hydrogens is 588 g/mol. The number of anilines is 1. The van der Waals surface area contributed by atoms with E-state index in [2.05, 4.69) is 23.0 Å². The standard InChI is InChI=1S/C36H55ClN4O4/c1-4-5-6-7-8-9-10-11-12-13-23-38-34(42)18-15-24-45-33-21-19-32(20-22-33)39-27-36(44)41(28-29(2)3)40-35(43)26-30-16-14-17-31(37)25-30/h14,16-17,19-22,25,29,39H,4-13,15,18,23-24,26-28H2,1-3H3,(H,38,42)(H,40,43). The Hall–Kier alpha value is -3.26. The van der Waals surface area contributed by atoms with Crippen molar-refractivity contribution in [3.05, 3.63) is 59.1 Å². The van der Waals surface area contributed by atoms with Gasteiger partial charge in [0.05, 0.1) is 19.6 Å². The SMILES string of the molecule is CCCCCCCCCCCCNC(=O)CCCOc1ccc(NCC(=O)N(CC(C)C)NC(=O)Cc2cccc(Cl)c2)cc1. The van der Waals surface area contributed by atoms with E-state index in [0.29, 0.717) is 36.8 Å². The molecule has 0 radical (unpaired) electrons. The molecule has 0 aliphatic heterocycles. The first-order valence-electron chi connectivity index (χ1n) is 16.8. The second-order valence-electron chi connectivity index (χ2n) is 12.1. The lowest BCUT2D eigenvalue weighted by Gasteiger charge is -2.25. The van der Waals surface area contributed by atoms with Crippen LogP contribution in [0.25, 0.3) is 0 Å². The number of hydrazine groups is 1. The summed E-state index contributed by atoms with van der Waals surface area (Å²) in [5.41, 5.74) is 4.28. The quantitative estimate of drug-likeness (QED) is 0.0852. The number of halogens is 1. The number of ether oxygens (including phenoxy) is 1. The molecule has 0 bridgehead atoms. The second-order valence-corrected chi connectivity index (χ2v) is 12.5. The molecule has 0 saturated carbocycles. The van der Waals surface area contributed by atoms with Crippen molar-refractivity contribution < 1.29 is 19.1 Å². The molecule has 3 amide bonds. The van der Waals surface area contributed by atoms with Crippen molar-refractivity contribution in [3.63, 3.8) is 0 Å². The van der Waals surface area contributed by atoms with Crippen LogP contribution in [0.2, 0.25) is 5.02 Å². The highest BCUT2D eigenvalue weighted by Crippen LogP contribution is 2.16. The summed E-state index contributed by atoms with van der Waals surface area (Å²) in [5, 5.41) is 8.07. The Balaban J connectivity index is 1.59. The van der Waals surface area contributed by atoms with Crippen molar-refractivity contribution in [1.29, 1.82) is 0 Å². The van der Waals surface area contributed by atoms with E-state index in [9.17, 15) is 14.4 Å². The lowest BCUT2D eigenvalue weighted by atomic mass is 10.1. The highest BCUT2D eigenvalue weighted by molar-refractivity contribution is 6.30. The number of nitrogens with zero attached hydrogens (tertiary/aromatic N) is 1. The van der Waals surface area contributed by atoms with Gasteiger partial charge >= 0.3 is 0 Å². The van der Waals surface area contributed by atoms with E-state index in [1.165, 1.54) is 62.8 Å². The first-order chi connectivity index (χ1) is 21.8. The number of amides is 3.